The van der Waals surface area contributed by atoms with Crippen molar-refractivity contribution < 1.29 is 4.74 Å². The van der Waals surface area contributed by atoms with E-state index >= 15 is 0 Å². The highest BCUT2D eigenvalue weighted by Gasteiger charge is 2.02. The van der Waals surface area contributed by atoms with Gasteiger partial charge in [-0.1, -0.05) is 24.1 Å². The Morgan fingerprint density at radius 2 is 2.21 bits per heavy atom. The lowest BCUT2D eigenvalue weighted by atomic mass is 10.1. The van der Waals surface area contributed by atoms with Crippen molar-refractivity contribution in [2.75, 3.05) is 12.4 Å². The molecule has 1 atom stereocenters. The van der Waals surface area contributed by atoms with Crippen molar-refractivity contribution in [3.63, 3.8) is 0 Å². The van der Waals surface area contributed by atoms with Crippen molar-refractivity contribution in [2.45, 2.75) is 19.6 Å². The van der Waals surface area contributed by atoms with Gasteiger partial charge in [-0.25, -0.2) is 0 Å². The van der Waals surface area contributed by atoms with Crippen LogP contribution in [0.3, 0.4) is 0 Å². The first-order valence-electron chi connectivity index (χ1n) is 4.57. The maximum atomic E-state index is 5.30. The third kappa shape index (κ3) is 2.79. The van der Waals surface area contributed by atoms with E-state index in [0.29, 0.717) is 6.61 Å². The van der Waals surface area contributed by atoms with E-state index in [4.69, 9.17) is 11.2 Å². The smallest absolute Gasteiger partial charge is 0.0845 e. The fourth-order valence-corrected chi connectivity index (χ4v) is 1.22. The van der Waals surface area contributed by atoms with E-state index < -0.39 is 0 Å². The van der Waals surface area contributed by atoms with Gasteiger partial charge in [0.15, 0.2) is 0 Å². The van der Waals surface area contributed by atoms with E-state index in [2.05, 4.69) is 11.2 Å². The van der Waals surface area contributed by atoms with Crippen LogP contribution in [0.15, 0.2) is 24.3 Å². The zero-order chi connectivity index (χ0) is 10.4. The van der Waals surface area contributed by atoms with E-state index in [-0.39, 0.29) is 6.04 Å². The zero-order valence-electron chi connectivity index (χ0n) is 8.58. The lowest BCUT2D eigenvalue weighted by molar-refractivity contribution is 0.185. The van der Waals surface area contributed by atoms with Crippen LogP contribution >= 0.6 is 0 Å². The quantitative estimate of drug-likeness (QED) is 0.734. The Balaban J connectivity index is 2.79. The van der Waals surface area contributed by atoms with Crippen LogP contribution in [0, 0.1) is 12.3 Å². The van der Waals surface area contributed by atoms with Gasteiger partial charge in [0, 0.05) is 18.4 Å². The van der Waals surface area contributed by atoms with E-state index in [0.717, 1.165) is 11.3 Å². The van der Waals surface area contributed by atoms with E-state index in [1.165, 1.54) is 0 Å². The number of anilines is 1. The number of methoxy groups -OCH3 is 1. The Bertz CT molecular complexity index is 327. The minimum atomic E-state index is 0.0352. The first kappa shape index (κ1) is 10.6. The number of rotatable bonds is 4. The summed E-state index contributed by atoms with van der Waals surface area (Å²) in [5.74, 6) is 2.63. The predicted molar refractivity (Wildman–Crippen MR) is 59.1 cm³/mol. The number of para-hydroxylation sites is 1. The molecule has 0 heterocycles. The Morgan fingerprint density at radius 1 is 1.50 bits per heavy atom. The largest absolute Gasteiger partial charge is 0.380 e. The molecule has 1 aromatic carbocycles. The van der Waals surface area contributed by atoms with E-state index in [1.807, 2.05) is 31.2 Å². The summed E-state index contributed by atoms with van der Waals surface area (Å²) in [6, 6.07) is 8.02. The number of hydrogen-bond acceptors (Lipinski definition) is 2. The average Bonchev–Trinajstić information content (AvgIpc) is 2.21. The molecule has 1 aromatic rings. The molecule has 0 radical (unpaired) electrons. The predicted octanol–water partition coefficient (Wildman–Crippen LogP) is 2.27. The average molecular weight is 189 g/mol. The van der Waals surface area contributed by atoms with Gasteiger partial charge < -0.3 is 10.1 Å². The van der Waals surface area contributed by atoms with Gasteiger partial charge in [-0.05, 0) is 13.0 Å². The van der Waals surface area contributed by atoms with Crippen LogP contribution in [0.5, 0.6) is 0 Å². The third-order valence-corrected chi connectivity index (χ3v) is 1.94. The number of nitrogens with one attached hydrogen (secondary N) is 1. The molecule has 2 heteroatoms. The third-order valence-electron chi connectivity index (χ3n) is 1.94. The second-order valence-electron chi connectivity index (χ2n) is 3.12. The number of benzene rings is 1. The summed E-state index contributed by atoms with van der Waals surface area (Å²) in [4.78, 5) is 0. The monoisotopic (exact) mass is 189 g/mol. The summed E-state index contributed by atoms with van der Waals surface area (Å²) in [6.45, 7) is 2.55. The molecule has 0 spiro atoms. The van der Waals surface area contributed by atoms with Crippen LogP contribution < -0.4 is 5.32 Å². The number of ether oxygens (including phenoxy) is 1. The van der Waals surface area contributed by atoms with Gasteiger partial charge in [-0.3, -0.25) is 0 Å². The van der Waals surface area contributed by atoms with Crippen molar-refractivity contribution in [2.24, 2.45) is 0 Å². The Kier molecular flexibility index (Phi) is 4.03. The highest BCUT2D eigenvalue weighted by atomic mass is 16.5. The second-order valence-corrected chi connectivity index (χ2v) is 3.12. The first-order chi connectivity index (χ1) is 6.77. The lowest BCUT2D eigenvalue weighted by Gasteiger charge is -2.13. The van der Waals surface area contributed by atoms with Gasteiger partial charge in [-0.2, -0.15) is 0 Å². The van der Waals surface area contributed by atoms with Gasteiger partial charge in [-0.15, -0.1) is 6.42 Å². The molecule has 0 aliphatic carbocycles. The minimum absolute atomic E-state index is 0.0352. The maximum Gasteiger partial charge on any atom is 0.0845 e. The van der Waals surface area contributed by atoms with E-state index in [9.17, 15) is 0 Å². The molecule has 0 amide bonds. The summed E-state index contributed by atoms with van der Waals surface area (Å²) in [6.07, 6.45) is 5.30. The van der Waals surface area contributed by atoms with Crippen LogP contribution in [0.2, 0.25) is 0 Å². The SMILES string of the molecule is C#CC(C)Nc1ccccc1COC. The van der Waals surface area contributed by atoms with Crippen molar-refractivity contribution >= 4 is 5.69 Å². The minimum Gasteiger partial charge on any atom is -0.380 e. The topological polar surface area (TPSA) is 21.3 Å². The van der Waals surface area contributed by atoms with E-state index in [1.54, 1.807) is 7.11 Å². The molecule has 1 N–H and O–H groups in total. The Hall–Kier alpha value is -1.46. The van der Waals surface area contributed by atoms with Crippen molar-refractivity contribution in [1.82, 2.24) is 0 Å². The highest BCUT2D eigenvalue weighted by molar-refractivity contribution is 5.52. The molecule has 0 bridgehead atoms. The molecular weight excluding hydrogens is 174 g/mol. The molecule has 2 nitrogen and oxygen atoms in total. The summed E-state index contributed by atoms with van der Waals surface area (Å²) < 4.78 is 5.09. The van der Waals surface area contributed by atoms with Crippen molar-refractivity contribution in [3.05, 3.63) is 29.8 Å². The van der Waals surface area contributed by atoms with Crippen LogP contribution in [-0.2, 0) is 11.3 Å². The van der Waals surface area contributed by atoms with Crippen molar-refractivity contribution in [1.29, 1.82) is 0 Å². The molecule has 0 saturated heterocycles. The molecule has 0 aliphatic rings. The van der Waals surface area contributed by atoms with Gasteiger partial charge in [0.05, 0.1) is 12.6 Å². The molecule has 0 saturated carbocycles. The second kappa shape index (κ2) is 5.31. The normalized spacial score (nSPS) is 11.8. The summed E-state index contributed by atoms with van der Waals surface area (Å²) in [7, 11) is 1.68. The molecule has 0 aromatic heterocycles. The summed E-state index contributed by atoms with van der Waals surface area (Å²) >= 11 is 0. The fraction of sp³-hybridized carbons (Fsp3) is 0.333. The molecule has 74 valence electrons. The molecule has 14 heavy (non-hydrogen) atoms. The van der Waals surface area contributed by atoms with Gasteiger partial charge in [0.25, 0.3) is 0 Å². The number of hydrogen-bond donors (Lipinski definition) is 1. The molecule has 0 aliphatic heterocycles. The Morgan fingerprint density at radius 3 is 2.86 bits per heavy atom. The van der Waals surface area contributed by atoms with Gasteiger partial charge in [0.1, 0.15) is 0 Å². The van der Waals surface area contributed by atoms with Gasteiger partial charge >= 0.3 is 0 Å². The highest BCUT2D eigenvalue weighted by Crippen LogP contribution is 2.16. The lowest BCUT2D eigenvalue weighted by Crippen LogP contribution is -2.13. The Labute approximate surface area is 85.3 Å². The van der Waals surface area contributed by atoms with Crippen LogP contribution in [0.25, 0.3) is 0 Å². The first-order valence-corrected chi connectivity index (χ1v) is 4.57. The number of terminal acetylenes is 1. The van der Waals surface area contributed by atoms with Crippen LogP contribution in [0.1, 0.15) is 12.5 Å². The standard InChI is InChI=1S/C12H15NO/c1-4-10(2)13-12-8-6-5-7-11(12)9-14-3/h1,5-8,10,13H,9H2,2-3H3. The maximum absolute atomic E-state index is 5.30. The molecule has 1 unspecified atom stereocenters. The van der Waals surface area contributed by atoms with Crippen molar-refractivity contribution in [3.8, 4) is 12.3 Å². The van der Waals surface area contributed by atoms with Crippen LogP contribution in [0.4, 0.5) is 5.69 Å². The fourth-order valence-electron chi connectivity index (χ4n) is 1.22. The van der Waals surface area contributed by atoms with Gasteiger partial charge in [0.2, 0.25) is 0 Å². The summed E-state index contributed by atoms with van der Waals surface area (Å²) in [5, 5.41) is 3.23. The molecule has 0 fully saturated rings. The zero-order valence-corrected chi connectivity index (χ0v) is 8.58. The summed E-state index contributed by atoms with van der Waals surface area (Å²) in [5.41, 5.74) is 2.16. The molecule has 1 rings (SSSR count). The molecular formula is C12H15NO. The van der Waals surface area contributed by atoms with Crippen LogP contribution in [-0.4, -0.2) is 13.2 Å².